The van der Waals surface area contributed by atoms with Crippen molar-refractivity contribution in [2.75, 3.05) is 16.8 Å². The first-order valence-corrected chi connectivity index (χ1v) is 9.16. The second-order valence-electron chi connectivity index (χ2n) is 7.03. The largest absolute Gasteiger partial charge is 0.326 e. The highest BCUT2D eigenvalue weighted by molar-refractivity contribution is 6.00. The third-order valence-electron chi connectivity index (χ3n) is 5.05. The SMILES string of the molecule is CC(=O)N1CCc2cc(NC(=O)CCC(=O)c3ccc(C)c(C)c3)ccc21. The van der Waals surface area contributed by atoms with Gasteiger partial charge in [0.1, 0.15) is 0 Å². The number of Topliss-reactive ketones (excluding diaryl/α,β-unsaturated/α-hetero) is 1. The number of amides is 2. The van der Waals surface area contributed by atoms with Crippen LogP contribution in [0.15, 0.2) is 36.4 Å². The second-order valence-corrected chi connectivity index (χ2v) is 7.03. The van der Waals surface area contributed by atoms with Crippen LogP contribution in [0.4, 0.5) is 11.4 Å². The number of benzene rings is 2. The lowest BCUT2D eigenvalue weighted by molar-refractivity contribution is -0.117. The molecule has 2 aromatic carbocycles. The molecule has 5 heteroatoms. The predicted octanol–water partition coefficient (Wildman–Crippen LogP) is 3.81. The molecular weight excluding hydrogens is 340 g/mol. The van der Waals surface area contributed by atoms with E-state index in [-0.39, 0.29) is 30.4 Å². The average molecular weight is 364 g/mol. The minimum Gasteiger partial charge on any atom is -0.326 e. The Hall–Kier alpha value is -2.95. The molecule has 5 nitrogen and oxygen atoms in total. The lowest BCUT2D eigenvalue weighted by Gasteiger charge is -2.15. The Kier molecular flexibility index (Phi) is 5.40. The van der Waals surface area contributed by atoms with E-state index >= 15 is 0 Å². The molecule has 1 N–H and O–H groups in total. The maximum atomic E-state index is 12.3. The first-order chi connectivity index (χ1) is 12.8. The Morgan fingerprint density at radius 3 is 2.48 bits per heavy atom. The van der Waals surface area contributed by atoms with Crippen molar-refractivity contribution in [3.8, 4) is 0 Å². The summed E-state index contributed by atoms with van der Waals surface area (Å²) < 4.78 is 0. The number of aryl methyl sites for hydroxylation is 2. The molecule has 1 aliphatic rings. The number of fused-ring (bicyclic) bond motifs is 1. The summed E-state index contributed by atoms with van der Waals surface area (Å²) in [7, 11) is 0. The van der Waals surface area contributed by atoms with E-state index in [1.165, 1.54) is 0 Å². The number of nitrogens with zero attached hydrogens (tertiary/aromatic N) is 1. The van der Waals surface area contributed by atoms with E-state index < -0.39 is 0 Å². The van der Waals surface area contributed by atoms with Crippen LogP contribution in [-0.4, -0.2) is 24.1 Å². The lowest BCUT2D eigenvalue weighted by Crippen LogP contribution is -2.25. The van der Waals surface area contributed by atoms with Crippen LogP contribution in [0.5, 0.6) is 0 Å². The zero-order valence-electron chi connectivity index (χ0n) is 16.0. The van der Waals surface area contributed by atoms with Gasteiger partial charge in [-0.15, -0.1) is 0 Å². The number of ketones is 1. The molecule has 140 valence electrons. The quantitative estimate of drug-likeness (QED) is 0.821. The van der Waals surface area contributed by atoms with E-state index in [0.29, 0.717) is 17.8 Å². The van der Waals surface area contributed by atoms with E-state index in [4.69, 9.17) is 0 Å². The summed E-state index contributed by atoms with van der Waals surface area (Å²) in [6.45, 7) is 6.20. The minimum atomic E-state index is -0.187. The molecule has 0 radical (unpaired) electrons. The van der Waals surface area contributed by atoms with Crippen LogP contribution in [0.2, 0.25) is 0 Å². The molecule has 0 spiro atoms. The van der Waals surface area contributed by atoms with Gasteiger partial charge in [0.25, 0.3) is 0 Å². The zero-order valence-corrected chi connectivity index (χ0v) is 16.0. The fraction of sp³-hybridized carbons (Fsp3) is 0.318. The third-order valence-corrected chi connectivity index (χ3v) is 5.05. The monoisotopic (exact) mass is 364 g/mol. The molecule has 0 fully saturated rings. The molecule has 2 amide bonds. The molecule has 0 saturated carbocycles. The summed E-state index contributed by atoms with van der Waals surface area (Å²) >= 11 is 0. The Morgan fingerprint density at radius 1 is 1.00 bits per heavy atom. The van der Waals surface area contributed by atoms with E-state index in [1.54, 1.807) is 17.9 Å². The molecule has 0 aliphatic carbocycles. The summed E-state index contributed by atoms with van der Waals surface area (Å²) in [5.74, 6) is -0.191. The fourth-order valence-electron chi connectivity index (χ4n) is 3.32. The molecule has 1 aliphatic heterocycles. The van der Waals surface area contributed by atoms with Gasteiger partial charge < -0.3 is 10.2 Å². The standard InChI is InChI=1S/C22H24N2O3/c1-14-4-5-18(12-15(14)2)21(26)8-9-22(27)23-19-6-7-20-17(13-19)10-11-24(20)16(3)25/h4-7,12-13H,8-11H2,1-3H3,(H,23,27). The number of anilines is 2. The molecule has 1 heterocycles. The maximum Gasteiger partial charge on any atom is 0.224 e. The van der Waals surface area contributed by atoms with Crippen LogP contribution < -0.4 is 10.2 Å². The Balaban J connectivity index is 1.57. The van der Waals surface area contributed by atoms with Gasteiger partial charge in [0.2, 0.25) is 11.8 Å². The number of rotatable bonds is 5. The molecule has 0 saturated heterocycles. The van der Waals surface area contributed by atoms with Gasteiger partial charge in [-0.1, -0.05) is 12.1 Å². The number of carbonyl (C=O) groups is 3. The van der Waals surface area contributed by atoms with Crippen molar-refractivity contribution in [3.63, 3.8) is 0 Å². The molecule has 3 rings (SSSR count). The first-order valence-electron chi connectivity index (χ1n) is 9.16. The van der Waals surface area contributed by atoms with E-state index in [0.717, 1.165) is 28.8 Å². The van der Waals surface area contributed by atoms with Gasteiger partial charge in [0.05, 0.1) is 0 Å². The van der Waals surface area contributed by atoms with Gasteiger partial charge in [-0.2, -0.15) is 0 Å². The molecule has 0 atom stereocenters. The van der Waals surface area contributed by atoms with Gasteiger partial charge in [-0.3, -0.25) is 14.4 Å². The zero-order chi connectivity index (χ0) is 19.6. The van der Waals surface area contributed by atoms with Gasteiger partial charge in [-0.05, 0) is 61.2 Å². The lowest BCUT2D eigenvalue weighted by atomic mass is 10.0. The number of nitrogens with one attached hydrogen (secondary N) is 1. The van der Waals surface area contributed by atoms with Gasteiger partial charge in [0, 0.05) is 43.2 Å². The highest BCUT2D eigenvalue weighted by Crippen LogP contribution is 2.30. The van der Waals surface area contributed by atoms with Gasteiger partial charge in [-0.25, -0.2) is 0 Å². The first kappa shape index (κ1) is 18.8. The van der Waals surface area contributed by atoms with Crippen molar-refractivity contribution >= 4 is 29.0 Å². The van der Waals surface area contributed by atoms with Crippen molar-refractivity contribution in [2.24, 2.45) is 0 Å². The molecule has 0 aromatic heterocycles. The normalized spacial score (nSPS) is 12.6. The van der Waals surface area contributed by atoms with Crippen LogP contribution in [0.1, 0.15) is 46.8 Å². The molecule has 2 aromatic rings. The number of hydrogen-bond donors (Lipinski definition) is 1. The van der Waals surface area contributed by atoms with Crippen LogP contribution in [0, 0.1) is 13.8 Å². The van der Waals surface area contributed by atoms with E-state index in [9.17, 15) is 14.4 Å². The van der Waals surface area contributed by atoms with Crippen molar-refractivity contribution < 1.29 is 14.4 Å². The Labute approximate surface area is 159 Å². The van der Waals surface area contributed by atoms with Gasteiger partial charge >= 0.3 is 0 Å². The predicted molar refractivity (Wildman–Crippen MR) is 106 cm³/mol. The summed E-state index contributed by atoms with van der Waals surface area (Å²) in [5, 5.41) is 2.85. The summed E-state index contributed by atoms with van der Waals surface area (Å²) in [5.41, 5.74) is 5.52. The van der Waals surface area contributed by atoms with Crippen molar-refractivity contribution in [2.45, 2.75) is 40.0 Å². The number of carbonyl (C=O) groups excluding carboxylic acids is 3. The summed E-state index contributed by atoms with van der Waals surface area (Å²) in [4.78, 5) is 37.9. The Bertz CT molecular complexity index is 918. The maximum absolute atomic E-state index is 12.3. The highest BCUT2D eigenvalue weighted by atomic mass is 16.2. The minimum absolute atomic E-state index is 0.0235. The second kappa shape index (κ2) is 7.74. The van der Waals surface area contributed by atoms with Gasteiger partial charge in [0.15, 0.2) is 5.78 Å². The van der Waals surface area contributed by atoms with E-state index in [2.05, 4.69) is 5.32 Å². The smallest absolute Gasteiger partial charge is 0.224 e. The molecule has 27 heavy (non-hydrogen) atoms. The molecular formula is C22H24N2O3. The average Bonchev–Trinajstić information content (AvgIpc) is 3.05. The van der Waals surface area contributed by atoms with Crippen molar-refractivity contribution in [3.05, 3.63) is 58.7 Å². The van der Waals surface area contributed by atoms with E-state index in [1.807, 2.05) is 44.2 Å². The third kappa shape index (κ3) is 4.25. The number of hydrogen-bond acceptors (Lipinski definition) is 3. The molecule has 0 unspecified atom stereocenters. The summed E-state index contributed by atoms with van der Waals surface area (Å²) in [6.07, 6.45) is 1.10. The Morgan fingerprint density at radius 2 is 1.78 bits per heavy atom. The van der Waals surface area contributed by atoms with Crippen molar-refractivity contribution in [1.82, 2.24) is 0 Å². The fourth-order valence-corrected chi connectivity index (χ4v) is 3.32. The van der Waals surface area contributed by atoms with Crippen LogP contribution in [0.3, 0.4) is 0 Å². The topological polar surface area (TPSA) is 66.5 Å². The van der Waals surface area contributed by atoms with Crippen LogP contribution in [0.25, 0.3) is 0 Å². The highest BCUT2D eigenvalue weighted by Gasteiger charge is 2.22. The van der Waals surface area contributed by atoms with Crippen molar-refractivity contribution in [1.29, 1.82) is 0 Å². The van der Waals surface area contributed by atoms with Crippen LogP contribution >= 0.6 is 0 Å². The van der Waals surface area contributed by atoms with Crippen LogP contribution in [-0.2, 0) is 16.0 Å². The molecule has 0 bridgehead atoms. The summed E-state index contributed by atoms with van der Waals surface area (Å²) in [6, 6.07) is 11.2.